The second-order valence-electron chi connectivity index (χ2n) is 9.79. The third kappa shape index (κ3) is 4.27. The van der Waals surface area contributed by atoms with Crippen molar-refractivity contribution >= 4 is 23.1 Å². The van der Waals surface area contributed by atoms with Gasteiger partial charge in [-0.15, -0.1) is 0 Å². The number of carbonyl (C=O) groups excluding carboxylic acids is 2. The molecule has 4 nitrogen and oxygen atoms in total. The minimum absolute atomic E-state index is 0.00742. The van der Waals surface area contributed by atoms with Gasteiger partial charge in [-0.05, 0) is 60.2 Å². The number of halogens is 1. The number of rotatable bonds is 3. The zero-order valence-electron chi connectivity index (χ0n) is 20.2. The molecule has 1 aliphatic carbocycles. The largest absolute Gasteiger partial charge is 0.357 e. The second-order valence-corrected chi connectivity index (χ2v) is 9.79. The number of nitrogens with zero attached hydrogens (tertiary/aromatic N) is 1. The highest BCUT2D eigenvalue weighted by Gasteiger charge is 2.42. The summed E-state index contributed by atoms with van der Waals surface area (Å²) in [6.45, 7) is 5.71. The number of ketones is 1. The Morgan fingerprint density at radius 3 is 2.37 bits per heavy atom. The topological polar surface area (TPSA) is 49.4 Å². The molecule has 1 heterocycles. The number of nitrogens with one attached hydrogen (secondary N) is 1. The molecule has 0 unspecified atom stereocenters. The quantitative estimate of drug-likeness (QED) is 0.466. The van der Waals surface area contributed by atoms with Crippen LogP contribution in [0.1, 0.15) is 55.3 Å². The maximum absolute atomic E-state index is 13.9. The Kier molecular flexibility index (Phi) is 6.01. The molecule has 3 aromatic carbocycles. The van der Waals surface area contributed by atoms with E-state index in [4.69, 9.17) is 0 Å². The van der Waals surface area contributed by atoms with Crippen LogP contribution in [0.5, 0.6) is 0 Å². The van der Waals surface area contributed by atoms with Crippen molar-refractivity contribution in [1.29, 1.82) is 0 Å². The van der Waals surface area contributed by atoms with E-state index in [-0.39, 0.29) is 29.3 Å². The molecule has 0 aromatic heterocycles. The minimum Gasteiger partial charge on any atom is -0.357 e. The lowest BCUT2D eigenvalue weighted by atomic mass is 9.78. The predicted octanol–water partition coefficient (Wildman–Crippen LogP) is 6.69. The number of hydrogen-bond donors (Lipinski definition) is 1. The number of benzene rings is 3. The Morgan fingerprint density at radius 2 is 1.69 bits per heavy atom. The van der Waals surface area contributed by atoms with E-state index in [1.807, 2.05) is 57.2 Å². The molecule has 178 valence electrons. The van der Waals surface area contributed by atoms with Crippen molar-refractivity contribution in [3.63, 3.8) is 0 Å². The van der Waals surface area contributed by atoms with Crippen molar-refractivity contribution in [2.45, 2.75) is 45.6 Å². The lowest BCUT2D eigenvalue weighted by Crippen LogP contribution is -2.40. The number of anilines is 2. The van der Waals surface area contributed by atoms with Crippen LogP contribution in [0.3, 0.4) is 0 Å². The summed E-state index contributed by atoms with van der Waals surface area (Å²) in [5, 5.41) is 3.54. The van der Waals surface area contributed by atoms with E-state index in [2.05, 4.69) is 17.4 Å². The van der Waals surface area contributed by atoms with Crippen LogP contribution in [0.25, 0.3) is 0 Å². The second kappa shape index (κ2) is 9.14. The summed E-state index contributed by atoms with van der Waals surface area (Å²) in [5.74, 6) is -0.672. The predicted molar refractivity (Wildman–Crippen MR) is 137 cm³/mol. The first-order valence-electron chi connectivity index (χ1n) is 12.1. The smallest absolute Gasteiger partial charge is 0.230 e. The third-order valence-corrected chi connectivity index (χ3v) is 6.93. The Labute approximate surface area is 205 Å². The standard InChI is InChI=1S/C30H29FN2O2/c1-18(2)30(35)33-26-15-19(3)9-14-24(26)32-25-16-22(20-7-5-4-6-8-20)17-27(34)28(25)29(33)21-10-12-23(31)13-11-21/h4-15,18,22,29,32H,16-17H2,1-3H3/t22-,29+/m1/s1. The Bertz CT molecular complexity index is 1310. The average molecular weight is 469 g/mol. The number of amides is 1. The summed E-state index contributed by atoms with van der Waals surface area (Å²) in [4.78, 5) is 29.3. The summed E-state index contributed by atoms with van der Waals surface area (Å²) >= 11 is 0. The number of carbonyl (C=O) groups is 2. The van der Waals surface area contributed by atoms with Crippen molar-refractivity contribution in [2.75, 3.05) is 10.2 Å². The third-order valence-electron chi connectivity index (χ3n) is 6.93. The average Bonchev–Trinajstić information content (AvgIpc) is 2.99. The van der Waals surface area contributed by atoms with Gasteiger partial charge in [0.15, 0.2) is 5.78 Å². The molecule has 0 bridgehead atoms. The van der Waals surface area contributed by atoms with Crippen LogP contribution in [-0.4, -0.2) is 11.7 Å². The first kappa shape index (κ1) is 23.0. The van der Waals surface area contributed by atoms with Crippen LogP contribution in [0.15, 0.2) is 84.1 Å². The van der Waals surface area contributed by atoms with E-state index in [1.54, 1.807) is 17.0 Å². The lowest BCUT2D eigenvalue weighted by molar-refractivity contribution is -0.121. The van der Waals surface area contributed by atoms with E-state index in [0.29, 0.717) is 18.4 Å². The number of Topliss-reactive ketones (excluding diaryl/α,β-unsaturated/α-hetero) is 1. The fraction of sp³-hybridized carbons (Fsp3) is 0.267. The molecule has 3 aromatic rings. The van der Waals surface area contributed by atoms with Gasteiger partial charge in [0.25, 0.3) is 0 Å². The summed E-state index contributed by atoms with van der Waals surface area (Å²) in [5.41, 5.74) is 5.80. The molecule has 1 N–H and O–H groups in total. The van der Waals surface area contributed by atoms with Crippen LogP contribution in [-0.2, 0) is 9.59 Å². The molecule has 1 amide bonds. The molecule has 0 spiro atoms. The maximum atomic E-state index is 13.9. The van der Waals surface area contributed by atoms with Crippen LogP contribution in [0.4, 0.5) is 15.8 Å². The van der Waals surface area contributed by atoms with Gasteiger partial charge in [0.1, 0.15) is 5.82 Å². The molecule has 2 atom stereocenters. The Balaban J connectivity index is 1.74. The van der Waals surface area contributed by atoms with E-state index < -0.39 is 6.04 Å². The van der Waals surface area contributed by atoms with Crippen molar-refractivity contribution in [1.82, 2.24) is 0 Å². The van der Waals surface area contributed by atoms with Crippen LogP contribution >= 0.6 is 0 Å². The molecule has 5 heteroatoms. The summed E-state index contributed by atoms with van der Waals surface area (Å²) < 4.78 is 13.9. The molecule has 0 saturated carbocycles. The first-order chi connectivity index (χ1) is 16.8. The van der Waals surface area contributed by atoms with Crippen LogP contribution in [0, 0.1) is 18.7 Å². The molecule has 1 aliphatic heterocycles. The van der Waals surface area contributed by atoms with Crippen molar-refractivity contribution < 1.29 is 14.0 Å². The highest BCUT2D eigenvalue weighted by Crippen LogP contribution is 2.48. The highest BCUT2D eigenvalue weighted by molar-refractivity contribution is 6.06. The van der Waals surface area contributed by atoms with Gasteiger partial charge in [0, 0.05) is 23.6 Å². The Morgan fingerprint density at radius 1 is 0.971 bits per heavy atom. The van der Waals surface area contributed by atoms with E-state index >= 15 is 0 Å². The number of hydrogen-bond acceptors (Lipinski definition) is 3. The fourth-order valence-corrected chi connectivity index (χ4v) is 5.19. The minimum atomic E-state index is -0.639. The van der Waals surface area contributed by atoms with E-state index in [0.717, 1.165) is 33.8 Å². The lowest BCUT2D eigenvalue weighted by Gasteiger charge is -2.36. The molecular formula is C30H29FN2O2. The summed E-state index contributed by atoms with van der Waals surface area (Å²) in [6, 6.07) is 21.5. The van der Waals surface area contributed by atoms with Crippen LogP contribution in [0.2, 0.25) is 0 Å². The van der Waals surface area contributed by atoms with Gasteiger partial charge in [-0.2, -0.15) is 0 Å². The number of fused-ring (bicyclic) bond motifs is 1. The van der Waals surface area contributed by atoms with Gasteiger partial charge in [-0.1, -0.05) is 62.4 Å². The molecular weight excluding hydrogens is 439 g/mol. The summed E-state index contributed by atoms with van der Waals surface area (Å²) in [6.07, 6.45) is 1.01. The van der Waals surface area contributed by atoms with Crippen molar-refractivity contribution in [3.05, 3.63) is 107 Å². The monoisotopic (exact) mass is 468 g/mol. The zero-order valence-corrected chi connectivity index (χ0v) is 20.2. The van der Waals surface area contributed by atoms with Gasteiger partial charge in [-0.3, -0.25) is 14.5 Å². The molecule has 2 aliphatic rings. The fourth-order valence-electron chi connectivity index (χ4n) is 5.19. The first-order valence-corrected chi connectivity index (χ1v) is 12.1. The normalized spacial score (nSPS) is 19.7. The highest BCUT2D eigenvalue weighted by atomic mass is 19.1. The van der Waals surface area contributed by atoms with Gasteiger partial charge in [-0.25, -0.2) is 4.39 Å². The van der Waals surface area contributed by atoms with Gasteiger partial charge in [0.05, 0.1) is 17.4 Å². The maximum Gasteiger partial charge on any atom is 0.230 e. The summed E-state index contributed by atoms with van der Waals surface area (Å²) in [7, 11) is 0. The number of aryl methyl sites for hydroxylation is 1. The Hall–Kier alpha value is -3.73. The van der Waals surface area contributed by atoms with Crippen LogP contribution < -0.4 is 10.2 Å². The molecule has 5 rings (SSSR count). The van der Waals surface area contributed by atoms with E-state index in [9.17, 15) is 14.0 Å². The van der Waals surface area contributed by atoms with Gasteiger partial charge < -0.3 is 5.32 Å². The van der Waals surface area contributed by atoms with Gasteiger partial charge in [0.2, 0.25) is 5.91 Å². The van der Waals surface area contributed by atoms with Gasteiger partial charge >= 0.3 is 0 Å². The molecule has 0 saturated heterocycles. The van der Waals surface area contributed by atoms with Crippen molar-refractivity contribution in [3.8, 4) is 0 Å². The van der Waals surface area contributed by atoms with Crippen molar-refractivity contribution in [2.24, 2.45) is 5.92 Å². The number of allylic oxidation sites excluding steroid dienone is 1. The molecule has 0 radical (unpaired) electrons. The molecule has 0 fully saturated rings. The zero-order chi connectivity index (χ0) is 24.7. The SMILES string of the molecule is Cc1ccc2c(c1)N(C(=O)C(C)C)[C@@H](c1ccc(F)cc1)C1=C(C[C@@H](c3ccccc3)CC1=O)N2. The molecule has 35 heavy (non-hydrogen) atoms. The van der Waals surface area contributed by atoms with E-state index in [1.165, 1.54) is 12.1 Å².